The van der Waals surface area contributed by atoms with Gasteiger partial charge in [0.1, 0.15) is 0 Å². The van der Waals surface area contributed by atoms with Crippen LogP contribution in [-0.4, -0.2) is 23.7 Å². The summed E-state index contributed by atoms with van der Waals surface area (Å²) < 4.78 is 5.19. The molecular weight excluding hydrogens is 262 g/mol. The highest BCUT2D eigenvalue weighted by Crippen LogP contribution is 2.27. The summed E-state index contributed by atoms with van der Waals surface area (Å²) in [5, 5.41) is 9.68. The number of nitrogens with zero attached hydrogens (tertiary/aromatic N) is 1. The van der Waals surface area contributed by atoms with Gasteiger partial charge in [-0.15, -0.1) is 0 Å². The van der Waals surface area contributed by atoms with E-state index in [1.807, 2.05) is 12.1 Å². The number of phenolic OH excluding ortho intramolecular Hbond substituents is 1. The van der Waals surface area contributed by atoms with Crippen LogP contribution in [0.1, 0.15) is 23.1 Å². The number of hydrogen-bond donors (Lipinski definition) is 1. The van der Waals surface area contributed by atoms with Gasteiger partial charge in [-0.3, -0.25) is 4.90 Å². The highest BCUT2D eigenvalue weighted by molar-refractivity contribution is 5.41. The minimum absolute atomic E-state index is 0.197. The number of aromatic hydroxyl groups is 1. The molecule has 0 spiro atoms. The van der Waals surface area contributed by atoms with Gasteiger partial charge in [0.15, 0.2) is 11.5 Å². The van der Waals surface area contributed by atoms with Crippen LogP contribution in [0.15, 0.2) is 42.5 Å². The van der Waals surface area contributed by atoms with Crippen LogP contribution in [0.25, 0.3) is 0 Å². The molecule has 0 saturated heterocycles. The van der Waals surface area contributed by atoms with Crippen LogP contribution in [0, 0.1) is 0 Å². The van der Waals surface area contributed by atoms with E-state index in [0.29, 0.717) is 5.75 Å². The van der Waals surface area contributed by atoms with E-state index in [1.54, 1.807) is 13.2 Å². The first-order valence-electron chi connectivity index (χ1n) is 7.41. The molecule has 0 saturated carbocycles. The monoisotopic (exact) mass is 283 g/mol. The Balaban J connectivity index is 1.76. The van der Waals surface area contributed by atoms with E-state index in [2.05, 4.69) is 29.2 Å². The highest BCUT2D eigenvalue weighted by Gasteiger charge is 2.14. The molecule has 0 bridgehead atoms. The number of fused-ring (bicyclic) bond motifs is 1. The minimum atomic E-state index is 0.197. The van der Waals surface area contributed by atoms with Gasteiger partial charge in [0, 0.05) is 13.1 Å². The Morgan fingerprint density at radius 1 is 1.14 bits per heavy atom. The third-order valence-corrected chi connectivity index (χ3v) is 4.08. The lowest BCUT2D eigenvalue weighted by Gasteiger charge is -2.21. The second kappa shape index (κ2) is 6.19. The van der Waals surface area contributed by atoms with Crippen LogP contribution >= 0.6 is 0 Å². The van der Waals surface area contributed by atoms with Gasteiger partial charge in [0.2, 0.25) is 0 Å². The van der Waals surface area contributed by atoms with E-state index in [1.165, 1.54) is 23.1 Å². The first kappa shape index (κ1) is 14.0. The Morgan fingerprint density at radius 2 is 1.95 bits per heavy atom. The van der Waals surface area contributed by atoms with Gasteiger partial charge in [0.05, 0.1) is 7.11 Å². The lowest BCUT2D eigenvalue weighted by molar-refractivity contribution is 0.260. The molecule has 0 atom stereocenters. The highest BCUT2D eigenvalue weighted by atomic mass is 16.5. The topological polar surface area (TPSA) is 32.7 Å². The molecule has 2 aromatic carbocycles. The molecule has 0 radical (unpaired) electrons. The zero-order chi connectivity index (χ0) is 14.7. The number of methoxy groups -OCH3 is 1. The zero-order valence-corrected chi connectivity index (χ0v) is 12.4. The summed E-state index contributed by atoms with van der Waals surface area (Å²) in [6, 6.07) is 14.3. The minimum Gasteiger partial charge on any atom is -0.504 e. The summed E-state index contributed by atoms with van der Waals surface area (Å²) in [6.07, 6.45) is 2.35. The molecule has 1 heterocycles. The van der Waals surface area contributed by atoms with Crippen molar-refractivity contribution < 1.29 is 9.84 Å². The van der Waals surface area contributed by atoms with Crippen LogP contribution in [0.4, 0.5) is 0 Å². The molecule has 1 aliphatic rings. The standard InChI is InChI=1S/C18H21NO2/c1-21-18-11-14(8-9-17(18)20)12-19-10-4-7-15-5-2-3-6-16(15)13-19/h2-3,5-6,8-9,11,20H,4,7,10,12-13H2,1H3. The summed E-state index contributed by atoms with van der Waals surface area (Å²) in [6.45, 7) is 2.96. The van der Waals surface area contributed by atoms with Gasteiger partial charge in [-0.1, -0.05) is 30.3 Å². The molecule has 3 heteroatoms. The summed E-state index contributed by atoms with van der Waals surface area (Å²) in [5.74, 6) is 0.741. The largest absolute Gasteiger partial charge is 0.504 e. The zero-order valence-electron chi connectivity index (χ0n) is 12.4. The molecule has 0 aromatic heterocycles. The molecule has 2 aromatic rings. The van der Waals surface area contributed by atoms with Gasteiger partial charge in [0.25, 0.3) is 0 Å². The number of aryl methyl sites for hydroxylation is 1. The predicted octanol–water partition coefficient (Wildman–Crippen LogP) is 3.35. The summed E-state index contributed by atoms with van der Waals surface area (Å²) in [7, 11) is 1.58. The molecular formula is C18H21NO2. The maximum Gasteiger partial charge on any atom is 0.160 e. The van der Waals surface area contributed by atoms with Crippen molar-refractivity contribution >= 4 is 0 Å². The first-order chi connectivity index (χ1) is 10.3. The second-order valence-electron chi connectivity index (χ2n) is 5.59. The van der Waals surface area contributed by atoms with Crippen molar-refractivity contribution in [3.63, 3.8) is 0 Å². The second-order valence-corrected chi connectivity index (χ2v) is 5.59. The lowest BCUT2D eigenvalue weighted by Crippen LogP contribution is -2.22. The maximum atomic E-state index is 9.68. The van der Waals surface area contributed by atoms with Gasteiger partial charge in [-0.25, -0.2) is 0 Å². The average Bonchev–Trinajstić information content (AvgIpc) is 2.70. The average molecular weight is 283 g/mol. The van der Waals surface area contributed by atoms with E-state index in [9.17, 15) is 5.11 Å². The number of hydrogen-bond acceptors (Lipinski definition) is 3. The van der Waals surface area contributed by atoms with E-state index in [0.717, 1.165) is 26.1 Å². The maximum absolute atomic E-state index is 9.68. The third-order valence-electron chi connectivity index (χ3n) is 4.08. The third kappa shape index (κ3) is 3.19. The van der Waals surface area contributed by atoms with Crippen molar-refractivity contribution in [3.8, 4) is 11.5 Å². The molecule has 0 unspecified atom stereocenters. The fraction of sp³-hybridized carbons (Fsp3) is 0.333. The Kier molecular flexibility index (Phi) is 4.11. The molecule has 110 valence electrons. The van der Waals surface area contributed by atoms with Gasteiger partial charge in [-0.05, 0) is 48.2 Å². The van der Waals surface area contributed by atoms with Crippen molar-refractivity contribution in [2.75, 3.05) is 13.7 Å². The SMILES string of the molecule is COc1cc(CN2CCCc3ccccc3C2)ccc1O. The molecule has 0 fully saturated rings. The summed E-state index contributed by atoms with van der Waals surface area (Å²) in [4.78, 5) is 2.46. The van der Waals surface area contributed by atoms with Crippen LogP contribution < -0.4 is 4.74 Å². The first-order valence-corrected chi connectivity index (χ1v) is 7.41. The summed E-state index contributed by atoms with van der Waals surface area (Å²) >= 11 is 0. The summed E-state index contributed by atoms with van der Waals surface area (Å²) in [5.41, 5.74) is 4.08. The Labute approximate surface area is 125 Å². The van der Waals surface area contributed by atoms with Crippen LogP contribution in [0.5, 0.6) is 11.5 Å². The van der Waals surface area contributed by atoms with Gasteiger partial charge < -0.3 is 9.84 Å². The molecule has 0 amide bonds. The number of ether oxygens (including phenoxy) is 1. The fourth-order valence-electron chi connectivity index (χ4n) is 2.98. The molecule has 1 aliphatic heterocycles. The van der Waals surface area contributed by atoms with Crippen molar-refractivity contribution in [2.45, 2.75) is 25.9 Å². The van der Waals surface area contributed by atoms with Gasteiger partial charge >= 0.3 is 0 Å². The number of benzene rings is 2. The molecule has 3 nitrogen and oxygen atoms in total. The smallest absolute Gasteiger partial charge is 0.160 e. The van der Waals surface area contributed by atoms with E-state index < -0.39 is 0 Å². The van der Waals surface area contributed by atoms with Crippen LogP contribution in [-0.2, 0) is 19.5 Å². The molecule has 0 aliphatic carbocycles. The lowest BCUT2D eigenvalue weighted by atomic mass is 10.0. The predicted molar refractivity (Wildman–Crippen MR) is 83.5 cm³/mol. The van der Waals surface area contributed by atoms with Crippen molar-refractivity contribution in [2.24, 2.45) is 0 Å². The van der Waals surface area contributed by atoms with Crippen molar-refractivity contribution in [1.29, 1.82) is 0 Å². The van der Waals surface area contributed by atoms with Gasteiger partial charge in [-0.2, -0.15) is 0 Å². The number of rotatable bonds is 3. The molecule has 1 N–H and O–H groups in total. The fourth-order valence-corrected chi connectivity index (χ4v) is 2.98. The Hall–Kier alpha value is -2.00. The quantitative estimate of drug-likeness (QED) is 0.937. The molecule has 3 rings (SSSR count). The van der Waals surface area contributed by atoms with Crippen molar-refractivity contribution in [1.82, 2.24) is 4.90 Å². The van der Waals surface area contributed by atoms with E-state index >= 15 is 0 Å². The van der Waals surface area contributed by atoms with E-state index in [-0.39, 0.29) is 5.75 Å². The normalized spacial score (nSPS) is 15.3. The molecule has 21 heavy (non-hydrogen) atoms. The van der Waals surface area contributed by atoms with Crippen LogP contribution in [0.3, 0.4) is 0 Å². The Morgan fingerprint density at radius 3 is 2.76 bits per heavy atom. The van der Waals surface area contributed by atoms with E-state index in [4.69, 9.17) is 4.74 Å². The van der Waals surface area contributed by atoms with Crippen LogP contribution in [0.2, 0.25) is 0 Å². The van der Waals surface area contributed by atoms with Crippen molar-refractivity contribution in [3.05, 3.63) is 59.2 Å². The Bertz CT molecular complexity index is 624. The number of phenols is 1.